The second-order valence-corrected chi connectivity index (χ2v) is 10.6. The van der Waals surface area contributed by atoms with Crippen molar-refractivity contribution in [1.29, 1.82) is 0 Å². The van der Waals surface area contributed by atoms with Gasteiger partial charge in [0.25, 0.3) is 5.91 Å². The highest BCUT2D eigenvalue weighted by molar-refractivity contribution is 7.17. The van der Waals surface area contributed by atoms with Gasteiger partial charge >= 0.3 is 0 Å². The van der Waals surface area contributed by atoms with Crippen molar-refractivity contribution >= 4 is 40.5 Å². The summed E-state index contributed by atoms with van der Waals surface area (Å²) in [6.45, 7) is 0.0985. The van der Waals surface area contributed by atoms with Gasteiger partial charge in [0.15, 0.2) is 5.78 Å². The minimum absolute atomic E-state index is 0.0742. The normalized spacial score (nSPS) is 25.9. The SMILES string of the molecule is O=C(NC(C(=O)N1C[C@H](Cl)[C@H]2OCC(=O)[C@H]21)C1CCCCC1)c1sc(-c2cncnc2)cc1F. The zero-order valence-corrected chi connectivity index (χ0v) is 19.9. The first-order valence-electron chi connectivity index (χ1n) is 11.4. The molecule has 2 amide bonds. The van der Waals surface area contributed by atoms with E-state index in [0.29, 0.717) is 10.4 Å². The molecule has 4 heterocycles. The van der Waals surface area contributed by atoms with Crippen LogP contribution in [0, 0.1) is 11.7 Å². The van der Waals surface area contributed by atoms with Crippen molar-refractivity contribution in [2.75, 3.05) is 13.2 Å². The molecule has 1 aliphatic carbocycles. The summed E-state index contributed by atoms with van der Waals surface area (Å²) in [5, 5.41) is 2.32. The predicted molar refractivity (Wildman–Crippen MR) is 123 cm³/mol. The number of aromatic nitrogens is 2. The number of thiophene rings is 1. The van der Waals surface area contributed by atoms with E-state index in [9.17, 15) is 18.8 Å². The first-order valence-corrected chi connectivity index (χ1v) is 12.6. The maximum Gasteiger partial charge on any atom is 0.265 e. The van der Waals surface area contributed by atoms with Gasteiger partial charge in [-0.1, -0.05) is 19.3 Å². The van der Waals surface area contributed by atoms with Gasteiger partial charge in [0.05, 0.1) is 5.38 Å². The van der Waals surface area contributed by atoms with Gasteiger partial charge in [0.1, 0.15) is 41.8 Å². The first-order chi connectivity index (χ1) is 16.4. The van der Waals surface area contributed by atoms with Gasteiger partial charge in [-0.3, -0.25) is 14.4 Å². The average molecular weight is 507 g/mol. The Morgan fingerprint density at radius 3 is 2.71 bits per heavy atom. The molecule has 0 radical (unpaired) electrons. The molecule has 1 unspecified atom stereocenters. The standard InChI is InChI=1S/C23H24ClFN4O4S/c24-14-9-29(19-16(30)10-33-20(14)19)23(32)18(12-4-2-1-3-5-12)28-22(31)21-15(25)6-17(34-21)13-7-26-11-27-8-13/h6-8,11-12,14,18-20H,1-5,9-10H2,(H,28,31)/t14-,18?,19+,20+/m0/s1. The number of Topliss-reactive ketones (excluding diaryl/α,β-unsaturated/α-hetero) is 1. The summed E-state index contributed by atoms with van der Waals surface area (Å²) in [5.41, 5.74) is 0.598. The monoisotopic (exact) mass is 506 g/mol. The number of nitrogens with one attached hydrogen (secondary N) is 1. The number of carbonyl (C=O) groups is 3. The minimum Gasteiger partial charge on any atom is -0.366 e. The molecule has 2 saturated heterocycles. The van der Waals surface area contributed by atoms with Gasteiger partial charge in [0, 0.05) is 29.4 Å². The van der Waals surface area contributed by atoms with Crippen molar-refractivity contribution in [3.8, 4) is 10.4 Å². The van der Waals surface area contributed by atoms with Gasteiger partial charge in [-0.25, -0.2) is 14.4 Å². The van der Waals surface area contributed by atoms with E-state index >= 15 is 0 Å². The van der Waals surface area contributed by atoms with E-state index in [-0.39, 0.29) is 35.6 Å². The number of ether oxygens (including phenoxy) is 1. The molecular formula is C23H24ClFN4O4S. The number of hydrogen-bond acceptors (Lipinski definition) is 7. The number of halogens is 2. The third-order valence-corrected chi connectivity index (χ3v) is 8.36. The minimum atomic E-state index is -0.867. The summed E-state index contributed by atoms with van der Waals surface area (Å²) in [7, 11) is 0. The van der Waals surface area contributed by atoms with Gasteiger partial charge < -0.3 is 15.0 Å². The number of likely N-dealkylation sites (tertiary alicyclic amines) is 1. The number of fused-ring (bicyclic) bond motifs is 1. The second kappa shape index (κ2) is 9.67. The average Bonchev–Trinajstić information content (AvgIpc) is 3.53. The maximum absolute atomic E-state index is 14.8. The summed E-state index contributed by atoms with van der Waals surface area (Å²) < 4.78 is 20.3. The molecule has 0 spiro atoms. The Hall–Kier alpha value is -2.43. The van der Waals surface area contributed by atoms with Gasteiger partial charge in [-0.2, -0.15) is 0 Å². The van der Waals surface area contributed by atoms with E-state index in [2.05, 4.69) is 15.3 Å². The van der Waals surface area contributed by atoms with Crippen molar-refractivity contribution in [3.63, 3.8) is 0 Å². The van der Waals surface area contributed by atoms with E-state index in [4.69, 9.17) is 16.3 Å². The van der Waals surface area contributed by atoms with E-state index in [1.807, 2.05) is 0 Å². The van der Waals surface area contributed by atoms with Crippen LogP contribution in [0.25, 0.3) is 10.4 Å². The van der Waals surface area contributed by atoms with Crippen molar-refractivity contribution in [3.05, 3.63) is 35.5 Å². The van der Waals surface area contributed by atoms with Crippen LogP contribution in [-0.4, -0.2) is 69.2 Å². The lowest BCUT2D eigenvalue weighted by Crippen LogP contribution is -2.55. The molecule has 8 nitrogen and oxygen atoms in total. The van der Waals surface area contributed by atoms with Crippen LogP contribution in [0.2, 0.25) is 0 Å². The Bertz CT molecular complexity index is 1090. The molecule has 3 fully saturated rings. The molecule has 3 aliphatic rings. The summed E-state index contributed by atoms with van der Waals surface area (Å²) in [4.78, 5) is 49.0. The lowest BCUT2D eigenvalue weighted by atomic mass is 9.83. The Balaban J connectivity index is 1.40. The molecular weight excluding hydrogens is 483 g/mol. The molecule has 2 aromatic rings. The number of ketones is 1. The third kappa shape index (κ3) is 4.34. The topological polar surface area (TPSA) is 101 Å². The quantitative estimate of drug-likeness (QED) is 0.626. The van der Waals surface area contributed by atoms with Crippen molar-refractivity contribution in [2.24, 2.45) is 5.92 Å². The number of rotatable bonds is 5. The summed E-state index contributed by atoms with van der Waals surface area (Å²) in [6, 6.07) is -0.331. The highest BCUT2D eigenvalue weighted by Crippen LogP contribution is 2.35. The first kappa shape index (κ1) is 23.3. The number of hydrogen-bond donors (Lipinski definition) is 1. The molecule has 11 heteroatoms. The van der Waals surface area contributed by atoms with Crippen molar-refractivity contribution in [1.82, 2.24) is 20.2 Å². The number of nitrogens with zero attached hydrogens (tertiary/aromatic N) is 3. The molecule has 0 aromatic carbocycles. The number of carbonyl (C=O) groups excluding carboxylic acids is 3. The fourth-order valence-corrected chi connectivity index (χ4v) is 6.42. The van der Waals surface area contributed by atoms with Crippen LogP contribution in [0.15, 0.2) is 24.8 Å². The third-order valence-electron chi connectivity index (χ3n) is 6.82. The highest BCUT2D eigenvalue weighted by atomic mass is 35.5. The lowest BCUT2D eigenvalue weighted by molar-refractivity contribution is -0.139. The lowest BCUT2D eigenvalue weighted by Gasteiger charge is -2.34. The van der Waals surface area contributed by atoms with Gasteiger partial charge in [-0.15, -0.1) is 22.9 Å². The molecule has 1 saturated carbocycles. The Morgan fingerprint density at radius 2 is 1.97 bits per heavy atom. The maximum atomic E-state index is 14.8. The van der Waals surface area contributed by atoms with Crippen molar-refractivity contribution in [2.45, 2.75) is 55.7 Å². The molecule has 0 bridgehead atoms. The largest absolute Gasteiger partial charge is 0.366 e. The molecule has 2 aromatic heterocycles. The number of alkyl halides is 1. The summed E-state index contributed by atoms with van der Waals surface area (Å²) in [5.74, 6) is -1.96. The Kier molecular flexibility index (Phi) is 6.63. The Labute approximate surface area is 204 Å². The van der Waals surface area contributed by atoms with E-state index in [0.717, 1.165) is 43.4 Å². The molecule has 34 heavy (non-hydrogen) atoms. The van der Waals surface area contributed by atoms with Crippen LogP contribution in [-0.2, 0) is 14.3 Å². The van der Waals surface area contributed by atoms with Crippen LogP contribution in [0.5, 0.6) is 0 Å². The zero-order valence-electron chi connectivity index (χ0n) is 18.3. The fraction of sp³-hybridized carbons (Fsp3) is 0.522. The molecule has 4 atom stereocenters. The Morgan fingerprint density at radius 1 is 1.24 bits per heavy atom. The van der Waals surface area contributed by atoms with Crippen LogP contribution in [0.1, 0.15) is 41.8 Å². The predicted octanol–water partition coefficient (Wildman–Crippen LogP) is 2.81. The fourth-order valence-electron chi connectivity index (χ4n) is 5.15. The second-order valence-electron chi connectivity index (χ2n) is 8.96. The highest BCUT2D eigenvalue weighted by Gasteiger charge is 2.53. The molecule has 2 aliphatic heterocycles. The molecule has 5 rings (SSSR count). The molecule has 180 valence electrons. The van der Waals surface area contributed by atoms with Crippen molar-refractivity contribution < 1.29 is 23.5 Å². The summed E-state index contributed by atoms with van der Waals surface area (Å²) in [6.07, 6.45) is 8.42. The van der Waals surface area contributed by atoms with Gasteiger partial charge in [-0.05, 0) is 24.8 Å². The van der Waals surface area contributed by atoms with Crippen LogP contribution in [0.4, 0.5) is 4.39 Å². The van der Waals surface area contributed by atoms with E-state index in [1.165, 1.54) is 17.3 Å². The molecule has 1 N–H and O–H groups in total. The van der Waals surface area contributed by atoms with E-state index in [1.54, 1.807) is 12.4 Å². The van der Waals surface area contributed by atoms with Crippen LogP contribution >= 0.6 is 22.9 Å². The van der Waals surface area contributed by atoms with Crippen LogP contribution in [0.3, 0.4) is 0 Å². The smallest absolute Gasteiger partial charge is 0.265 e. The number of amides is 2. The summed E-state index contributed by atoms with van der Waals surface area (Å²) >= 11 is 7.36. The van der Waals surface area contributed by atoms with Gasteiger partial charge in [0.2, 0.25) is 5.91 Å². The van der Waals surface area contributed by atoms with Crippen LogP contribution < -0.4 is 5.32 Å². The zero-order chi connectivity index (χ0) is 23.8. The van der Waals surface area contributed by atoms with E-state index < -0.39 is 35.3 Å².